The summed E-state index contributed by atoms with van der Waals surface area (Å²) in [5, 5.41) is 9.17. The van der Waals surface area contributed by atoms with E-state index in [2.05, 4.69) is 0 Å². The Morgan fingerprint density at radius 2 is 2.13 bits per heavy atom. The molecule has 2 aliphatic rings. The summed E-state index contributed by atoms with van der Waals surface area (Å²) in [6.45, 7) is 5.63. The molecular formula is C11H19NO3. The quantitative estimate of drug-likeness (QED) is 0.715. The minimum atomic E-state index is -0.454. The minimum absolute atomic E-state index is 0.0244. The molecule has 86 valence electrons. The number of aliphatic hydroxyl groups excluding tert-OH is 1. The molecule has 1 unspecified atom stereocenters. The van der Waals surface area contributed by atoms with Crippen LogP contribution in [0, 0.1) is 5.92 Å². The lowest BCUT2D eigenvalue weighted by molar-refractivity contribution is 0.0126. The Labute approximate surface area is 90.2 Å². The zero-order valence-electron chi connectivity index (χ0n) is 9.56. The zero-order valence-corrected chi connectivity index (χ0v) is 9.56. The van der Waals surface area contributed by atoms with E-state index in [4.69, 9.17) is 4.74 Å². The van der Waals surface area contributed by atoms with E-state index in [9.17, 15) is 9.90 Å². The van der Waals surface area contributed by atoms with Gasteiger partial charge in [0, 0.05) is 6.04 Å². The SMILES string of the molecule is CC(C)(C)OC(=O)N1C2C[C@H]2C[C@@H]1CO. The van der Waals surface area contributed by atoms with Crippen molar-refractivity contribution in [3.8, 4) is 0 Å². The van der Waals surface area contributed by atoms with Gasteiger partial charge in [0.15, 0.2) is 0 Å². The number of ether oxygens (including phenoxy) is 1. The molecule has 1 amide bonds. The van der Waals surface area contributed by atoms with Gasteiger partial charge in [0.25, 0.3) is 0 Å². The molecule has 4 heteroatoms. The van der Waals surface area contributed by atoms with Gasteiger partial charge in [-0.3, -0.25) is 4.90 Å². The molecule has 2 rings (SSSR count). The molecule has 0 aromatic heterocycles. The Bertz CT molecular complexity index is 271. The Morgan fingerprint density at radius 3 is 2.67 bits per heavy atom. The Kier molecular flexibility index (Phi) is 2.41. The van der Waals surface area contributed by atoms with Gasteiger partial charge in [0.2, 0.25) is 0 Å². The molecular weight excluding hydrogens is 194 g/mol. The average Bonchev–Trinajstić information content (AvgIpc) is 2.73. The van der Waals surface area contributed by atoms with Crippen LogP contribution in [-0.2, 0) is 4.74 Å². The number of rotatable bonds is 1. The van der Waals surface area contributed by atoms with E-state index in [-0.39, 0.29) is 18.7 Å². The van der Waals surface area contributed by atoms with Crippen molar-refractivity contribution in [1.82, 2.24) is 4.90 Å². The number of amides is 1. The molecule has 1 aliphatic carbocycles. The fourth-order valence-electron chi connectivity index (χ4n) is 2.32. The summed E-state index contributed by atoms with van der Waals surface area (Å²) in [4.78, 5) is 13.6. The maximum Gasteiger partial charge on any atom is 0.410 e. The summed E-state index contributed by atoms with van der Waals surface area (Å²) < 4.78 is 5.33. The van der Waals surface area contributed by atoms with E-state index < -0.39 is 5.60 Å². The smallest absolute Gasteiger partial charge is 0.410 e. The lowest BCUT2D eigenvalue weighted by atomic mass is 10.2. The molecule has 0 bridgehead atoms. The van der Waals surface area contributed by atoms with Crippen molar-refractivity contribution in [1.29, 1.82) is 0 Å². The molecule has 1 saturated carbocycles. The van der Waals surface area contributed by atoms with Crippen molar-refractivity contribution in [3.63, 3.8) is 0 Å². The first-order valence-corrected chi connectivity index (χ1v) is 5.54. The predicted octanol–water partition coefficient (Wildman–Crippen LogP) is 1.38. The largest absolute Gasteiger partial charge is 0.444 e. The van der Waals surface area contributed by atoms with Crippen molar-refractivity contribution in [2.45, 2.75) is 51.3 Å². The molecule has 1 heterocycles. The first kappa shape index (κ1) is 10.7. The highest BCUT2D eigenvalue weighted by atomic mass is 16.6. The van der Waals surface area contributed by atoms with Crippen molar-refractivity contribution in [2.75, 3.05) is 6.61 Å². The highest BCUT2D eigenvalue weighted by Gasteiger charge is 2.54. The highest BCUT2D eigenvalue weighted by molar-refractivity contribution is 5.70. The van der Waals surface area contributed by atoms with E-state index in [0.29, 0.717) is 12.0 Å². The van der Waals surface area contributed by atoms with Gasteiger partial charge in [-0.05, 0) is 39.5 Å². The molecule has 3 atom stereocenters. The van der Waals surface area contributed by atoms with Crippen LogP contribution < -0.4 is 0 Å². The summed E-state index contributed by atoms with van der Waals surface area (Å²) in [6, 6.07) is 0.306. The second-order valence-corrected chi connectivity index (χ2v) is 5.52. The van der Waals surface area contributed by atoms with Crippen LogP contribution in [-0.4, -0.2) is 40.4 Å². The summed E-state index contributed by atoms with van der Waals surface area (Å²) in [6.07, 6.45) is 1.74. The summed E-state index contributed by atoms with van der Waals surface area (Å²) in [5.74, 6) is 0.606. The first-order chi connectivity index (χ1) is 6.92. The number of carbonyl (C=O) groups is 1. The molecule has 1 aliphatic heterocycles. The lowest BCUT2D eigenvalue weighted by Crippen LogP contribution is -2.43. The standard InChI is InChI=1S/C11H19NO3/c1-11(2,3)15-10(14)12-8(6-13)4-7-5-9(7)12/h7-9,13H,4-6H2,1-3H3/t7-,8-,9?/m1/s1. The number of likely N-dealkylation sites (tertiary alicyclic amines) is 1. The third kappa shape index (κ3) is 2.09. The Balaban J connectivity index is 1.99. The third-order valence-corrected chi connectivity index (χ3v) is 3.03. The monoisotopic (exact) mass is 213 g/mol. The van der Waals surface area contributed by atoms with Crippen LogP contribution in [0.25, 0.3) is 0 Å². The van der Waals surface area contributed by atoms with Gasteiger partial charge in [-0.2, -0.15) is 0 Å². The highest BCUT2D eigenvalue weighted by Crippen LogP contribution is 2.48. The van der Waals surface area contributed by atoms with Crippen LogP contribution in [0.2, 0.25) is 0 Å². The van der Waals surface area contributed by atoms with Crippen molar-refractivity contribution in [2.24, 2.45) is 5.92 Å². The van der Waals surface area contributed by atoms with E-state index in [1.54, 1.807) is 4.90 Å². The topological polar surface area (TPSA) is 49.8 Å². The molecule has 15 heavy (non-hydrogen) atoms. The van der Waals surface area contributed by atoms with Crippen LogP contribution in [0.5, 0.6) is 0 Å². The number of aliphatic hydroxyl groups is 1. The number of nitrogens with zero attached hydrogens (tertiary/aromatic N) is 1. The van der Waals surface area contributed by atoms with Gasteiger partial charge in [-0.25, -0.2) is 4.79 Å². The lowest BCUT2D eigenvalue weighted by Gasteiger charge is -2.29. The van der Waals surface area contributed by atoms with E-state index in [1.165, 1.54) is 0 Å². The number of fused-ring (bicyclic) bond motifs is 1. The van der Waals surface area contributed by atoms with E-state index >= 15 is 0 Å². The normalized spacial score (nSPS) is 33.9. The van der Waals surface area contributed by atoms with Crippen molar-refractivity contribution < 1.29 is 14.6 Å². The molecule has 1 N–H and O–H groups in total. The van der Waals surface area contributed by atoms with Gasteiger partial charge in [-0.1, -0.05) is 0 Å². The van der Waals surface area contributed by atoms with Crippen molar-refractivity contribution in [3.05, 3.63) is 0 Å². The number of carbonyl (C=O) groups excluding carboxylic acids is 1. The Morgan fingerprint density at radius 1 is 1.47 bits per heavy atom. The predicted molar refractivity (Wildman–Crippen MR) is 55.5 cm³/mol. The molecule has 4 nitrogen and oxygen atoms in total. The van der Waals surface area contributed by atoms with Crippen LogP contribution in [0.15, 0.2) is 0 Å². The Hall–Kier alpha value is -0.770. The molecule has 2 fully saturated rings. The summed E-state index contributed by atoms with van der Waals surface area (Å²) in [5.41, 5.74) is -0.454. The van der Waals surface area contributed by atoms with Gasteiger partial charge < -0.3 is 9.84 Å². The summed E-state index contributed by atoms with van der Waals surface area (Å²) >= 11 is 0. The average molecular weight is 213 g/mol. The number of hydrogen-bond donors (Lipinski definition) is 1. The van der Waals surface area contributed by atoms with Gasteiger partial charge in [0.1, 0.15) is 5.60 Å². The molecule has 0 spiro atoms. The number of hydrogen-bond acceptors (Lipinski definition) is 3. The summed E-state index contributed by atoms with van der Waals surface area (Å²) in [7, 11) is 0. The maximum atomic E-state index is 11.9. The minimum Gasteiger partial charge on any atom is -0.444 e. The van der Waals surface area contributed by atoms with Crippen LogP contribution in [0.4, 0.5) is 4.79 Å². The van der Waals surface area contributed by atoms with Gasteiger partial charge in [-0.15, -0.1) is 0 Å². The van der Waals surface area contributed by atoms with E-state index in [1.807, 2.05) is 20.8 Å². The second-order valence-electron chi connectivity index (χ2n) is 5.52. The van der Waals surface area contributed by atoms with Crippen LogP contribution >= 0.6 is 0 Å². The molecule has 0 aromatic rings. The second kappa shape index (κ2) is 3.37. The number of piperidine rings is 1. The zero-order chi connectivity index (χ0) is 11.2. The molecule has 0 radical (unpaired) electrons. The molecule has 0 aromatic carbocycles. The fraction of sp³-hybridized carbons (Fsp3) is 0.909. The van der Waals surface area contributed by atoms with Crippen molar-refractivity contribution >= 4 is 6.09 Å². The third-order valence-electron chi connectivity index (χ3n) is 3.03. The first-order valence-electron chi connectivity index (χ1n) is 5.54. The molecule has 1 saturated heterocycles. The fourth-order valence-corrected chi connectivity index (χ4v) is 2.32. The van der Waals surface area contributed by atoms with Crippen LogP contribution in [0.3, 0.4) is 0 Å². The van der Waals surface area contributed by atoms with Gasteiger partial charge >= 0.3 is 6.09 Å². The van der Waals surface area contributed by atoms with Gasteiger partial charge in [0.05, 0.1) is 12.6 Å². The maximum absolute atomic E-state index is 11.9. The van der Waals surface area contributed by atoms with E-state index in [0.717, 1.165) is 12.8 Å². The van der Waals surface area contributed by atoms with Crippen LogP contribution in [0.1, 0.15) is 33.6 Å².